The lowest BCUT2D eigenvalue weighted by Crippen LogP contribution is -2.22. The standard InChI is InChI=1S/C12H18ClN3/c1-16-7-2-3-10(5-8-16)15-11-4-6-14-12(13)9-11/h4,6,9-10H,2-3,5,7-8H2,1H3,(H,14,15). The van der Waals surface area contributed by atoms with E-state index in [4.69, 9.17) is 11.6 Å². The highest BCUT2D eigenvalue weighted by molar-refractivity contribution is 6.29. The Morgan fingerprint density at radius 1 is 1.44 bits per heavy atom. The molecule has 0 aliphatic carbocycles. The summed E-state index contributed by atoms with van der Waals surface area (Å²) in [6.45, 7) is 2.37. The molecule has 1 aromatic rings. The average Bonchev–Trinajstić information content (AvgIpc) is 2.44. The minimum absolute atomic E-state index is 0.552. The number of aromatic nitrogens is 1. The summed E-state index contributed by atoms with van der Waals surface area (Å²) >= 11 is 5.86. The van der Waals surface area contributed by atoms with Crippen LogP contribution in [0, 0.1) is 0 Å². The second-order valence-electron chi connectivity index (χ2n) is 4.44. The van der Waals surface area contributed by atoms with Crippen molar-refractivity contribution in [1.82, 2.24) is 9.88 Å². The van der Waals surface area contributed by atoms with E-state index in [9.17, 15) is 0 Å². The molecule has 1 atom stereocenters. The van der Waals surface area contributed by atoms with Crippen molar-refractivity contribution < 1.29 is 0 Å². The highest BCUT2D eigenvalue weighted by Crippen LogP contribution is 2.17. The average molecular weight is 240 g/mol. The van der Waals surface area contributed by atoms with Gasteiger partial charge < -0.3 is 10.2 Å². The molecule has 0 aromatic carbocycles. The van der Waals surface area contributed by atoms with Gasteiger partial charge in [-0.05, 0) is 51.5 Å². The molecular weight excluding hydrogens is 222 g/mol. The first-order chi connectivity index (χ1) is 7.74. The van der Waals surface area contributed by atoms with Crippen LogP contribution in [-0.4, -0.2) is 36.1 Å². The van der Waals surface area contributed by atoms with E-state index >= 15 is 0 Å². The van der Waals surface area contributed by atoms with Gasteiger partial charge in [0.1, 0.15) is 5.15 Å². The molecule has 3 nitrogen and oxygen atoms in total. The lowest BCUT2D eigenvalue weighted by molar-refractivity contribution is 0.348. The summed E-state index contributed by atoms with van der Waals surface area (Å²) in [5.41, 5.74) is 1.08. The number of likely N-dealkylation sites (tertiary alicyclic amines) is 1. The maximum absolute atomic E-state index is 5.86. The van der Waals surface area contributed by atoms with Crippen LogP contribution >= 0.6 is 11.6 Å². The third-order valence-corrected chi connectivity index (χ3v) is 3.26. The van der Waals surface area contributed by atoms with Crippen LogP contribution in [0.1, 0.15) is 19.3 Å². The smallest absolute Gasteiger partial charge is 0.131 e. The van der Waals surface area contributed by atoms with Gasteiger partial charge in [-0.3, -0.25) is 0 Å². The summed E-state index contributed by atoms with van der Waals surface area (Å²) < 4.78 is 0. The molecule has 2 rings (SSSR count). The normalized spacial score (nSPS) is 22.8. The van der Waals surface area contributed by atoms with Gasteiger partial charge in [0.05, 0.1) is 0 Å². The van der Waals surface area contributed by atoms with Crippen LogP contribution in [0.5, 0.6) is 0 Å². The van der Waals surface area contributed by atoms with Crippen LogP contribution in [0.4, 0.5) is 5.69 Å². The molecule has 0 spiro atoms. The van der Waals surface area contributed by atoms with Crippen LogP contribution < -0.4 is 5.32 Å². The number of anilines is 1. The van der Waals surface area contributed by atoms with Gasteiger partial charge in [-0.1, -0.05) is 11.6 Å². The maximum Gasteiger partial charge on any atom is 0.131 e. The molecule has 1 fully saturated rings. The molecule has 16 heavy (non-hydrogen) atoms. The van der Waals surface area contributed by atoms with Crippen LogP contribution in [0.15, 0.2) is 18.3 Å². The fourth-order valence-electron chi connectivity index (χ4n) is 2.11. The van der Waals surface area contributed by atoms with Crippen molar-refractivity contribution in [2.75, 3.05) is 25.5 Å². The number of rotatable bonds is 2. The Balaban J connectivity index is 1.93. The van der Waals surface area contributed by atoms with Crippen molar-refractivity contribution >= 4 is 17.3 Å². The number of nitrogens with zero attached hydrogens (tertiary/aromatic N) is 2. The molecule has 1 aliphatic heterocycles. The van der Waals surface area contributed by atoms with E-state index in [2.05, 4.69) is 22.2 Å². The van der Waals surface area contributed by atoms with Crippen LogP contribution in [0.3, 0.4) is 0 Å². The van der Waals surface area contributed by atoms with E-state index in [1.54, 1.807) is 6.20 Å². The predicted molar refractivity (Wildman–Crippen MR) is 68.0 cm³/mol. The Labute approximate surface area is 102 Å². The van der Waals surface area contributed by atoms with Crippen molar-refractivity contribution in [3.05, 3.63) is 23.5 Å². The van der Waals surface area contributed by atoms with Crippen LogP contribution in [-0.2, 0) is 0 Å². The first-order valence-electron chi connectivity index (χ1n) is 5.80. The van der Waals surface area contributed by atoms with Crippen molar-refractivity contribution in [2.24, 2.45) is 0 Å². The minimum Gasteiger partial charge on any atom is -0.382 e. The minimum atomic E-state index is 0.552. The molecule has 2 heterocycles. The largest absolute Gasteiger partial charge is 0.382 e. The monoisotopic (exact) mass is 239 g/mol. The first kappa shape index (κ1) is 11.7. The van der Waals surface area contributed by atoms with Gasteiger partial charge in [0.15, 0.2) is 0 Å². The topological polar surface area (TPSA) is 28.2 Å². The molecular formula is C12H18ClN3. The fourth-order valence-corrected chi connectivity index (χ4v) is 2.29. The predicted octanol–water partition coefficient (Wildman–Crippen LogP) is 2.63. The van der Waals surface area contributed by atoms with Crippen molar-refractivity contribution in [2.45, 2.75) is 25.3 Å². The highest BCUT2D eigenvalue weighted by atomic mass is 35.5. The Morgan fingerprint density at radius 3 is 3.12 bits per heavy atom. The lowest BCUT2D eigenvalue weighted by Gasteiger charge is -2.18. The zero-order chi connectivity index (χ0) is 11.4. The molecule has 4 heteroatoms. The van der Waals surface area contributed by atoms with Crippen LogP contribution in [0.25, 0.3) is 0 Å². The molecule has 1 saturated heterocycles. The third kappa shape index (κ3) is 3.35. The van der Waals surface area contributed by atoms with Gasteiger partial charge in [0.2, 0.25) is 0 Å². The third-order valence-electron chi connectivity index (χ3n) is 3.05. The Kier molecular flexibility index (Phi) is 4.02. The van der Waals surface area contributed by atoms with E-state index in [-0.39, 0.29) is 0 Å². The summed E-state index contributed by atoms with van der Waals surface area (Å²) in [4.78, 5) is 6.37. The van der Waals surface area contributed by atoms with Gasteiger partial charge in [-0.2, -0.15) is 0 Å². The molecule has 1 aliphatic rings. The van der Waals surface area contributed by atoms with E-state index in [0.717, 1.165) is 12.2 Å². The molecule has 0 amide bonds. The first-order valence-corrected chi connectivity index (χ1v) is 6.18. The molecule has 1 unspecified atom stereocenters. The van der Waals surface area contributed by atoms with Gasteiger partial charge in [0, 0.05) is 17.9 Å². The van der Waals surface area contributed by atoms with Crippen molar-refractivity contribution in [1.29, 1.82) is 0 Å². The maximum atomic E-state index is 5.86. The van der Waals surface area contributed by atoms with E-state index in [1.807, 2.05) is 12.1 Å². The quantitative estimate of drug-likeness (QED) is 0.805. The Bertz CT molecular complexity index is 343. The van der Waals surface area contributed by atoms with E-state index < -0.39 is 0 Å². The zero-order valence-electron chi connectivity index (χ0n) is 9.62. The molecule has 0 bridgehead atoms. The van der Waals surface area contributed by atoms with E-state index in [1.165, 1.54) is 25.8 Å². The second kappa shape index (κ2) is 5.51. The van der Waals surface area contributed by atoms with Crippen molar-refractivity contribution in [3.63, 3.8) is 0 Å². The number of hydrogen-bond donors (Lipinski definition) is 1. The molecule has 1 aromatic heterocycles. The molecule has 88 valence electrons. The summed E-state index contributed by atoms with van der Waals surface area (Å²) in [5.74, 6) is 0. The van der Waals surface area contributed by atoms with Gasteiger partial charge in [-0.15, -0.1) is 0 Å². The zero-order valence-corrected chi connectivity index (χ0v) is 10.4. The number of halogens is 1. The molecule has 1 N–H and O–H groups in total. The second-order valence-corrected chi connectivity index (χ2v) is 4.83. The van der Waals surface area contributed by atoms with Gasteiger partial charge in [-0.25, -0.2) is 4.98 Å². The van der Waals surface area contributed by atoms with Crippen molar-refractivity contribution in [3.8, 4) is 0 Å². The van der Waals surface area contributed by atoms with E-state index in [0.29, 0.717) is 11.2 Å². The summed E-state index contributed by atoms with van der Waals surface area (Å²) in [6, 6.07) is 4.42. The fraction of sp³-hybridized carbons (Fsp3) is 0.583. The molecule has 0 saturated carbocycles. The molecule has 0 radical (unpaired) electrons. The lowest BCUT2D eigenvalue weighted by atomic mass is 10.1. The summed E-state index contributed by atoms with van der Waals surface area (Å²) in [6.07, 6.45) is 5.42. The number of pyridine rings is 1. The highest BCUT2D eigenvalue weighted by Gasteiger charge is 2.14. The number of nitrogens with one attached hydrogen (secondary N) is 1. The number of hydrogen-bond acceptors (Lipinski definition) is 3. The van der Waals surface area contributed by atoms with Gasteiger partial charge in [0.25, 0.3) is 0 Å². The summed E-state index contributed by atoms with van der Waals surface area (Å²) in [5, 5.41) is 4.08. The Morgan fingerprint density at radius 2 is 2.31 bits per heavy atom. The SMILES string of the molecule is CN1CCCC(Nc2ccnc(Cl)c2)CC1. The van der Waals surface area contributed by atoms with Gasteiger partial charge >= 0.3 is 0 Å². The Hall–Kier alpha value is -0.800. The summed E-state index contributed by atoms with van der Waals surface area (Å²) in [7, 11) is 2.19. The van der Waals surface area contributed by atoms with Crippen LogP contribution in [0.2, 0.25) is 5.15 Å².